The summed E-state index contributed by atoms with van der Waals surface area (Å²) in [6, 6.07) is 14.3. The largest absolute Gasteiger partial charge is 0.355 e. The van der Waals surface area contributed by atoms with Gasteiger partial charge in [0.05, 0.1) is 11.4 Å². The highest BCUT2D eigenvalue weighted by atomic mass is 32.2. The van der Waals surface area contributed by atoms with Crippen molar-refractivity contribution in [1.29, 1.82) is 0 Å². The van der Waals surface area contributed by atoms with E-state index in [-0.39, 0.29) is 23.6 Å². The third-order valence-corrected chi connectivity index (χ3v) is 7.39. The number of hydrogen-bond acceptors (Lipinski definition) is 4. The number of benzene rings is 2. The van der Waals surface area contributed by atoms with Crippen LogP contribution in [0.1, 0.15) is 45.5 Å². The number of sulfonamides is 1. The summed E-state index contributed by atoms with van der Waals surface area (Å²) in [6.45, 7) is 0.897. The number of carbonyl (C=O) groups is 2. The molecule has 0 spiro atoms. The zero-order valence-corrected chi connectivity index (χ0v) is 17.7. The Balaban J connectivity index is 1.55. The molecule has 1 saturated carbocycles. The first-order valence-electron chi connectivity index (χ1n) is 10.1. The predicted octanol–water partition coefficient (Wildman–Crippen LogP) is 2.39. The van der Waals surface area contributed by atoms with E-state index in [4.69, 9.17) is 0 Å². The molecule has 158 valence electrons. The monoisotopic (exact) mass is 427 g/mol. The summed E-state index contributed by atoms with van der Waals surface area (Å²) in [6.07, 6.45) is 2.52. The summed E-state index contributed by atoms with van der Waals surface area (Å²) in [4.78, 5) is 26.8. The van der Waals surface area contributed by atoms with E-state index in [0.717, 1.165) is 18.4 Å². The molecule has 1 aliphatic carbocycles. The molecule has 2 aliphatic rings. The molecule has 30 heavy (non-hydrogen) atoms. The first kappa shape index (κ1) is 20.4. The zero-order chi connectivity index (χ0) is 21.3. The Hall–Kier alpha value is -2.87. The second kappa shape index (κ2) is 8.10. The van der Waals surface area contributed by atoms with Gasteiger partial charge < -0.3 is 10.2 Å². The summed E-state index contributed by atoms with van der Waals surface area (Å²) in [7, 11) is -1.70. The molecule has 8 heteroatoms. The van der Waals surface area contributed by atoms with Gasteiger partial charge in [0.2, 0.25) is 10.0 Å². The molecule has 1 aliphatic heterocycles. The maximum Gasteiger partial charge on any atom is 0.254 e. The molecule has 7 nitrogen and oxygen atoms in total. The standard InChI is InChI=1S/C22H25N3O4S/c1-23-21(26)17-8-6-16(7-9-17)15-24(19-10-11-19)22(27)18-4-2-5-20(14-18)25-12-3-13-30(25,28)29/h2,4-9,14,19H,3,10-13,15H2,1H3,(H,23,26). The van der Waals surface area contributed by atoms with E-state index >= 15 is 0 Å². The summed E-state index contributed by atoms with van der Waals surface area (Å²) >= 11 is 0. The van der Waals surface area contributed by atoms with Crippen molar-refractivity contribution in [3.8, 4) is 0 Å². The van der Waals surface area contributed by atoms with Crippen LogP contribution in [0, 0.1) is 0 Å². The molecule has 0 radical (unpaired) electrons. The lowest BCUT2D eigenvalue weighted by Crippen LogP contribution is -2.33. The quantitative estimate of drug-likeness (QED) is 0.767. The molecule has 2 fully saturated rings. The third kappa shape index (κ3) is 4.18. The van der Waals surface area contributed by atoms with Crippen molar-refractivity contribution in [3.63, 3.8) is 0 Å². The highest BCUT2D eigenvalue weighted by molar-refractivity contribution is 7.93. The summed E-state index contributed by atoms with van der Waals surface area (Å²) in [5.74, 6) is -0.109. The fourth-order valence-electron chi connectivity index (χ4n) is 3.74. The number of rotatable bonds is 6. The molecular weight excluding hydrogens is 402 g/mol. The average molecular weight is 428 g/mol. The predicted molar refractivity (Wildman–Crippen MR) is 115 cm³/mol. The van der Waals surface area contributed by atoms with Crippen LogP contribution < -0.4 is 9.62 Å². The average Bonchev–Trinajstić information content (AvgIpc) is 3.53. The molecule has 1 heterocycles. The van der Waals surface area contributed by atoms with Crippen molar-refractivity contribution < 1.29 is 18.0 Å². The van der Waals surface area contributed by atoms with Gasteiger partial charge in [0.25, 0.3) is 11.8 Å². The molecule has 1 N–H and O–H groups in total. The molecule has 2 amide bonds. The molecular formula is C22H25N3O4S. The number of carbonyl (C=O) groups excluding carboxylic acids is 2. The van der Waals surface area contributed by atoms with Gasteiger partial charge in [-0.05, 0) is 55.2 Å². The fourth-order valence-corrected chi connectivity index (χ4v) is 5.30. The first-order chi connectivity index (χ1) is 14.4. The topological polar surface area (TPSA) is 86.8 Å². The molecule has 0 atom stereocenters. The van der Waals surface area contributed by atoms with Crippen molar-refractivity contribution in [2.75, 3.05) is 23.7 Å². The molecule has 1 saturated heterocycles. The van der Waals surface area contributed by atoms with Gasteiger partial charge in [-0.15, -0.1) is 0 Å². The Bertz CT molecular complexity index is 1060. The van der Waals surface area contributed by atoms with Gasteiger partial charge in [-0.2, -0.15) is 0 Å². The van der Waals surface area contributed by atoms with Crippen molar-refractivity contribution in [1.82, 2.24) is 10.2 Å². The smallest absolute Gasteiger partial charge is 0.254 e. The van der Waals surface area contributed by atoms with Gasteiger partial charge >= 0.3 is 0 Å². The van der Waals surface area contributed by atoms with Gasteiger partial charge in [-0.3, -0.25) is 13.9 Å². The van der Waals surface area contributed by atoms with Crippen LogP contribution in [0.5, 0.6) is 0 Å². The second-order valence-electron chi connectivity index (χ2n) is 7.73. The Morgan fingerprint density at radius 1 is 1.10 bits per heavy atom. The summed E-state index contributed by atoms with van der Waals surface area (Å²) in [5, 5.41) is 2.59. The number of amides is 2. The summed E-state index contributed by atoms with van der Waals surface area (Å²) < 4.78 is 25.9. The van der Waals surface area contributed by atoms with Crippen molar-refractivity contribution in [2.24, 2.45) is 0 Å². The van der Waals surface area contributed by atoms with Crippen molar-refractivity contribution >= 4 is 27.5 Å². The lowest BCUT2D eigenvalue weighted by atomic mass is 10.1. The van der Waals surface area contributed by atoms with E-state index in [2.05, 4.69) is 5.32 Å². The second-order valence-corrected chi connectivity index (χ2v) is 9.75. The van der Waals surface area contributed by atoms with Gasteiger partial charge in [0, 0.05) is 37.3 Å². The number of hydrogen-bond donors (Lipinski definition) is 1. The van der Waals surface area contributed by atoms with E-state index in [9.17, 15) is 18.0 Å². The minimum atomic E-state index is -3.29. The van der Waals surface area contributed by atoms with Gasteiger partial charge in [0.15, 0.2) is 0 Å². The maximum absolute atomic E-state index is 13.3. The Morgan fingerprint density at radius 2 is 1.83 bits per heavy atom. The fraction of sp³-hybridized carbons (Fsp3) is 0.364. The van der Waals surface area contributed by atoms with Crippen LogP contribution in [0.25, 0.3) is 0 Å². The molecule has 2 aromatic carbocycles. The Kier molecular flexibility index (Phi) is 5.51. The van der Waals surface area contributed by atoms with Gasteiger partial charge in [0.1, 0.15) is 0 Å². The number of anilines is 1. The van der Waals surface area contributed by atoms with Crippen molar-refractivity contribution in [3.05, 3.63) is 65.2 Å². The highest BCUT2D eigenvalue weighted by Gasteiger charge is 2.34. The van der Waals surface area contributed by atoms with Crippen LogP contribution in [0.4, 0.5) is 5.69 Å². The van der Waals surface area contributed by atoms with Crippen LogP contribution in [0.3, 0.4) is 0 Å². The van der Waals surface area contributed by atoms with Crippen LogP contribution in [-0.4, -0.2) is 50.5 Å². The normalized spacial score (nSPS) is 17.6. The minimum absolute atomic E-state index is 0.105. The number of nitrogens with zero attached hydrogens (tertiary/aromatic N) is 2. The minimum Gasteiger partial charge on any atom is -0.355 e. The van der Waals surface area contributed by atoms with Gasteiger partial charge in [-0.25, -0.2) is 8.42 Å². The number of nitrogens with one attached hydrogen (secondary N) is 1. The lowest BCUT2D eigenvalue weighted by Gasteiger charge is -2.24. The van der Waals surface area contributed by atoms with Crippen LogP contribution in [0.15, 0.2) is 48.5 Å². The Morgan fingerprint density at radius 3 is 2.43 bits per heavy atom. The van der Waals surface area contributed by atoms with Crippen LogP contribution >= 0.6 is 0 Å². The molecule has 4 rings (SSSR count). The van der Waals surface area contributed by atoms with E-state index < -0.39 is 10.0 Å². The van der Waals surface area contributed by atoms with Crippen LogP contribution in [0.2, 0.25) is 0 Å². The van der Waals surface area contributed by atoms with E-state index in [1.54, 1.807) is 43.4 Å². The molecule has 0 aromatic heterocycles. The van der Waals surface area contributed by atoms with Gasteiger partial charge in [-0.1, -0.05) is 18.2 Å². The Labute approximate surface area is 176 Å². The molecule has 2 aromatic rings. The first-order valence-corrected chi connectivity index (χ1v) is 11.7. The third-order valence-electron chi connectivity index (χ3n) is 5.52. The SMILES string of the molecule is CNC(=O)c1ccc(CN(C(=O)c2cccc(N3CCCS3(=O)=O)c2)C2CC2)cc1. The lowest BCUT2D eigenvalue weighted by molar-refractivity contribution is 0.0729. The van der Waals surface area contributed by atoms with E-state index in [1.165, 1.54) is 4.31 Å². The maximum atomic E-state index is 13.3. The molecule has 0 unspecified atom stereocenters. The van der Waals surface area contributed by atoms with E-state index in [0.29, 0.717) is 36.3 Å². The van der Waals surface area contributed by atoms with Crippen LogP contribution in [-0.2, 0) is 16.6 Å². The summed E-state index contributed by atoms with van der Waals surface area (Å²) in [5.41, 5.74) is 2.55. The highest BCUT2D eigenvalue weighted by Crippen LogP contribution is 2.31. The van der Waals surface area contributed by atoms with Crippen molar-refractivity contribution in [2.45, 2.75) is 31.8 Å². The zero-order valence-electron chi connectivity index (χ0n) is 16.9. The molecule has 0 bridgehead atoms. The van der Waals surface area contributed by atoms with E-state index in [1.807, 2.05) is 17.0 Å².